The average molecular weight is 422 g/mol. The first-order chi connectivity index (χ1) is 12.0. The van der Waals surface area contributed by atoms with Crippen LogP contribution in [-0.2, 0) is 16.0 Å². The number of para-hydroxylation sites is 1. The summed E-state index contributed by atoms with van der Waals surface area (Å²) in [7, 11) is 0. The maximum absolute atomic E-state index is 12.4. The van der Waals surface area contributed by atoms with E-state index in [9.17, 15) is 9.59 Å². The van der Waals surface area contributed by atoms with Crippen molar-refractivity contribution in [1.82, 2.24) is 10.3 Å². The number of rotatable bonds is 6. The van der Waals surface area contributed by atoms with E-state index in [4.69, 9.17) is 0 Å². The van der Waals surface area contributed by atoms with Gasteiger partial charge in [-0.1, -0.05) is 12.1 Å². The van der Waals surface area contributed by atoms with Crippen molar-refractivity contribution in [3.05, 3.63) is 44.8 Å². The Labute approximate surface area is 159 Å². The molecular weight excluding hydrogens is 402 g/mol. The Kier molecular flexibility index (Phi) is 5.86. The van der Waals surface area contributed by atoms with Crippen LogP contribution in [0.5, 0.6) is 0 Å². The standard InChI is InChI=1S/C18H20BrN3O2S/c1-12-11-25-16(21-12)7-4-8-20-18(24)13-9-17(23)22(10-13)15-6-3-2-5-14(15)19/h2-3,5-6,11,13H,4,7-10H2,1H3,(H,20,24). The summed E-state index contributed by atoms with van der Waals surface area (Å²) in [5.41, 5.74) is 1.86. The van der Waals surface area contributed by atoms with Crippen LogP contribution in [-0.4, -0.2) is 29.9 Å². The number of aromatic nitrogens is 1. The van der Waals surface area contributed by atoms with Gasteiger partial charge in [0, 0.05) is 41.5 Å². The number of nitrogens with one attached hydrogen (secondary N) is 1. The van der Waals surface area contributed by atoms with Gasteiger partial charge in [0.2, 0.25) is 11.8 Å². The molecule has 1 N–H and O–H groups in total. The Morgan fingerprint density at radius 2 is 2.24 bits per heavy atom. The molecule has 1 aliphatic heterocycles. The van der Waals surface area contributed by atoms with E-state index in [1.54, 1.807) is 16.2 Å². The molecule has 1 fully saturated rings. The number of carbonyl (C=O) groups is 2. The minimum absolute atomic E-state index is 0.00897. The van der Waals surface area contributed by atoms with Gasteiger partial charge in [-0.3, -0.25) is 9.59 Å². The summed E-state index contributed by atoms with van der Waals surface area (Å²) in [6.07, 6.45) is 1.98. The molecule has 0 saturated carbocycles. The first-order valence-electron chi connectivity index (χ1n) is 8.28. The highest BCUT2D eigenvalue weighted by Crippen LogP contribution is 2.31. The third-order valence-electron chi connectivity index (χ3n) is 4.17. The quantitative estimate of drug-likeness (QED) is 0.727. The maximum Gasteiger partial charge on any atom is 0.227 e. The molecule has 1 saturated heterocycles. The zero-order valence-corrected chi connectivity index (χ0v) is 16.4. The topological polar surface area (TPSA) is 62.3 Å². The molecule has 2 aromatic rings. The molecule has 0 radical (unpaired) electrons. The molecule has 2 amide bonds. The zero-order valence-electron chi connectivity index (χ0n) is 14.0. The molecule has 7 heteroatoms. The van der Waals surface area contributed by atoms with Gasteiger partial charge in [0.25, 0.3) is 0 Å². The first kappa shape index (κ1) is 18.1. The van der Waals surface area contributed by atoms with Crippen molar-refractivity contribution >= 4 is 44.8 Å². The van der Waals surface area contributed by atoms with Crippen LogP contribution in [0.3, 0.4) is 0 Å². The zero-order chi connectivity index (χ0) is 17.8. The van der Waals surface area contributed by atoms with E-state index >= 15 is 0 Å². The lowest BCUT2D eigenvalue weighted by molar-refractivity contribution is -0.126. The van der Waals surface area contributed by atoms with Crippen LogP contribution in [0.25, 0.3) is 0 Å². The average Bonchev–Trinajstić information content (AvgIpc) is 3.18. The van der Waals surface area contributed by atoms with Gasteiger partial charge in [-0.05, 0) is 41.4 Å². The summed E-state index contributed by atoms with van der Waals surface area (Å²) in [4.78, 5) is 30.7. The largest absolute Gasteiger partial charge is 0.356 e. The third kappa shape index (κ3) is 4.46. The lowest BCUT2D eigenvalue weighted by atomic mass is 10.1. The number of nitrogens with zero attached hydrogens (tertiary/aromatic N) is 2. The van der Waals surface area contributed by atoms with Gasteiger partial charge >= 0.3 is 0 Å². The first-order valence-corrected chi connectivity index (χ1v) is 9.95. The molecule has 0 bridgehead atoms. The van der Waals surface area contributed by atoms with Crippen molar-refractivity contribution in [3.63, 3.8) is 0 Å². The van der Waals surface area contributed by atoms with E-state index in [-0.39, 0.29) is 24.2 Å². The highest BCUT2D eigenvalue weighted by atomic mass is 79.9. The van der Waals surface area contributed by atoms with Gasteiger partial charge in [-0.25, -0.2) is 4.98 Å². The molecule has 1 aliphatic rings. The SMILES string of the molecule is Cc1csc(CCCNC(=O)C2CC(=O)N(c3ccccc3Br)C2)n1. The van der Waals surface area contributed by atoms with Gasteiger partial charge in [-0.15, -0.1) is 11.3 Å². The van der Waals surface area contributed by atoms with Crippen molar-refractivity contribution < 1.29 is 9.59 Å². The van der Waals surface area contributed by atoms with Crippen LogP contribution in [0.2, 0.25) is 0 Å². The van der Waals surface area contributed by atoms with Crippen molar-refractivity contribution in [1.29, 1.82) is 0 Å². The molecule has 0 aliphatic carbocycles. The molecule has 1 unspecified atom stereocenters. The fraction of sp³-hybridized carbons (Fsp3) is 0.389. The van der Waals surface area contributed by atoms with Crippen LogP contribution in [0.15, 0.2) is 34.1 Å². The van der Waals surface area contributed by atoms with Crippen LogP contribution < -0.4 is 10.2 Å². The Morgan fingerprint density at radius 1 is 1.44 bits per heavy atom. The summed E-state index contributed by atoms with van der Waals surface area (Å²) in [5, 5.41) is 6.09. The van der Waals surface area contributed by atoms with Crippen LogP contribution in [0.4, 0.5) is 5.69 Å². The maximum atomic E-state index is 12.4. The van der Waals surface area contributed by atoms with Gasteiger partial charge in [0.05, 0.1) is 16.6 Å². The lowest BCUT2D eigenvalue weighted by Gasteiger charge is -2.18. The minimum Gasteiger partial charge on any atom is -0.356 e. The van der Waals surface area contributed by atoms with Gasteiger partial charge in [0.1, 0.15) is 0 Å². The Hall–Kier alpha value is -1.73. The fourth-order valence-electron chi connectivity index (χ4n) is 2.90. The number of aryl methyl sites for hydroxylation is 2. The molecule has 1 atom stereocenters. The van der Waals surface area contributed by atoms with E-state index in [1.165, 1.54) is 0 Å². The third-order valence-corrected chi connectivity index (χ3v) is 5.87. The molecule has 2 heterocycles. The number of anilines is 1. The van der Waals surface area contributed by atoms with E-state index in [2.05, 4.69) is 26.2 Å². The second kappa shape index (κ2) is 8.10. The van der Waals surface area contributed by atoms with E-state index in [0.29, 0.717) is 13.1 Å². The molecule has 132 valence electrons. The van der Waals surface area contributed by atoms with Gasteiger partial charge in [0.15, 0.2) is 0 Å². The predicted molar refractivity (Wildman–Crippen MR) is 103 cm³/mol. The summed E-state index contributed by atoms with van der Waals surface area (Å²) in [6.45, 7) is 3.02. The fourth-order valence-corrected chi connectivity index (χ4v) is 4.22. The molecule has 25 heavy (non-hydrogen) atoms. The highest BCUT2D eigenvalue weighted by Gasteiger charge is 2.35. The van der Waals surface area contributed by atoms with Crippen molar-refractivity contribution in [2.45, 2.75) is 26.2 Å². The summed E-state index contributed by atoms with van der Waals surface area (Å²) in [5.74, 6) is -0.342. The number of carbonyl (C=O) groups excluding carboxylic acids is 2. The van der Waals surface area contributed by atoms with E-state index in [0.717, 1.165) is 33.7 Å². The molecule has 5 nitrogen and oxygen atoms in total. The molecule has 0 spiro atoms. The second-order valence-electron chi connectivity index (χ2n) is 6.13. The number of benzene rings is 1. The second-order valence-corrected chi connectivity index (χ2v) is 7.93. The monoisotopic (exact) mass is 421 g/mol. The number of amides is 2. The number of hydrogen-bond donors (Lipinski definition) is 1. The highest BCUT2D eigenvalue weighted by molar-refractivity contribution is 9.10. The summed E-state index contributed by atoms with van der Waals surface area (Å²) in [6, 6.07) is 7.58. The molecule has 1 aromatic carbocycles. The molecular formula is C18H20BrN3O2S. The van der Waals surface area contributed by atoms with Crippen LogP contribution >= 0.6 is 27.3 Å². The minimum atomic E-state index is -0.290. The van der Waals surface area contributed by atoms with Crippen LogP contribution in [0.1, 0.15) is 23.5 Å². The van der Waals surface area contributed by atoms with E-state index < -0.39 is 0 Å². The number of hydrogen-bond acceptors (Lipinski definition) is 4. The Balaban J connectivity index is 1.48. The predicted octanol–water partition coefficient (Wildman–Crippen LogP) is 3.32. The van der Waals surface area contributed by atoms with Gasteiger partial charge < -0.3 is 10.2 Å². The number of halogens is 1. The normalized spacial score (nSPS) is 17.1. The van der Waals surface area contributed by atoms with Crippen molar-refractivity contribution in [3.8, 4) is 0 Å². The smallest absolute Gasteiger partial charge is 0.227 e. The lowest BCUT2D eigenvalue weighted by Crippen LogP contribution is -2.33. The number of thiazole rings is 1. The van der Waals surface area contributed by atoms with Crippen LogP contribution in [0, 0.1) is 12.8 Å². The molecule has 3 rings (SSSR count). The summed E-state index contributed by atoms with van der Waals surface area (Å²) >= 11 is 5.12. The Morgan fingerprint density at radius 3 is 2.96 bits per heavy atom. The molecule has 1 aromatic heterocycles. The summed E-state index contributed by atoms with van der Waals surface area (Å²) < 4.78 is 0.864. The van der Waals surface area contributed by atoms with E-state index in [1.807, 2.05) is 36.6 Å². The van der Waals surface area contributed by atoms with Crippen molar-refractivity contribution in [2.75, 3.05) is 18.0 Å². The van der Waals surface area contributed by atoms with Gasteiger partial charge in [-0.2, -0.15) is 0 Å². The Bertz CT molecular complexity index is 777. The van der Waals surface area contributed by atoms with Crippen molar-refractivity contribution in [2.24, 2.45) is 5.92 Å².